The van der Waals surface area contributed by atoms with E-state index in [-0.39, 0.29) is 22.8 Å². The molecule has 3 N–H and O–H groups in total. The van der Waals surface area contributed by atoms with Gasteiger partial charge in [0.15, 0.2) is 0 Å². The molecule has 1 saturated carbocycles. The van der Waals surface area contributed by atoms with Crippen LogP contribution in [0.5, 0.6) is 0 Å². The number of aliphatic hydroxyl groups excluding tert-OH is 1. The van der Waals surface area contributed by atoms with Gasteiger partial charge < -0.3 is 20.5 Å². The molecule has 204 valence electrons. The average molecular weight is 514 g/mol. The lowest BCUT2D eigenvalue weighted by Crippen LogP contribution is -2.61. The van der Waals surface area contributed by atoms with E-state index in [1.54, 1.807) is 18.9 Å². The molecule has 3 atom stereocenters. The number of ether oxygens (including phenoxy) is 1. The zero-order valence-corrected chi connectivity index (χ0v) is 23.8. The summed E-state index contributed by atoms with van der Waals surface area (Å²) in [6.07, 6.45) is 10.9. The Morgan fingerprint density at radius 2 is 1.83 bits per heavy atom. The van der Waals surface area contributed by atoms with Crippen molar-refractivity contribution in [2.75, 3.05) is 38.8 Å². The molecular formula is C27H51N3O4S. The Bertz CT molecular complexity index is 669. The number of nitrogens with zero attached hydrogens (tertiary/aromatic N) is 1. The van der Waals surface area contributed by atoms with Crippen LogP contribution in [0.15, 0.2) is 0 Å². The maximum Gasteiger partial charge on any atom is 0.243 e. The highest BCUT2D eigenvalue weighted by atomic mass is 32.2. The van der Waals surface area contributed by atoms with E-state index in [0.29, 0.717) is 25.3 Å². The summed E-state index contributed by atoms with van der Waals surface area (Å²) in [5.41, 5.74) is -0.262. The first kappa shape index (κ1) is 30.4. The summed E-state index contributed by atoms with van der Waals surface area (Å²) < 4.78 is 5.07. The van der Waals surface area contributed by atoms with E-state index in [9.17, 15) is 14.7 Å². The van der Waals surface area contributed by atoms with Crippen LogP contribution in [0.3, 0.4) is 0 Å². The third-order valence-corrected chi connectivity index (χ3v) is 9.19. The van der Waals surface area contributed by atoms with Gasteiger partial charge in [-0.1, -0.05) is 46.0 Å². The molecule has 0 aromatic rings. The molecule has 0 radical (unpaired) electrons. The molecule has 0 aromatic heterocycles. The molecule has 2 aliphatic rings. The minimum absolute atomic E-state index is 0.0000226. The van der Waals surface area contributed by atoms with Crippen molar-refractivity contribution in [3.63, 3.8) is 0 Å². The molecule has 0 bridgehead atoms. The van der Waals surface area contributed by atoms with E-state index < -0.39 is 18.2 Å². The fraction of sp³-hybridized carbons (Fsp3) is 0.926. The van der Waals surface area contributed by atoms with Crippen molar-refractivity contribution in [3.05, 3.63) is 0 Å². The number of nitrogens with one attached hydrogen (secondary N) is 2. The van der Waals surface area contributed by atoms with Crippen molar-refractivity contribution in [1.29, 1.82) is 0 Å². The predicted molar refractivity (Wildman–Crippen MR) is 145 cm³/mol. The quantitative estimate of drug-likeness (QED) is 0.273. The van der Waals surface area contributed by atoms with Crippen LogP contribution in [-0.4, -0.2) is 84.4 Å². The van der Waals surface area contributed by atoms with Crippen LogP contribution >= 0.6 is 11.8 Å². The van der Waals surface area contributed by atoms with Crippen LogP contribution in [0.25, 0.3) is 0 Å². The van der Waals surface area contributed by atoms with Crippen molar-refractivity contribution in [2.24, 2.45) is 11.3 Å². The lowest BCUT2D eigenvalue weighted by atomic mass is 9.64. The Morgan fingerprint density at radius 1 is 1.14 bits per heavy atom. The first-order valence-electron chi connectivity index (χ1n) is 13.5. The van der Waals surface area contributed by atoms with Crippen LogP contribution in [0, 0.1) is 11.3 Å². The molecule has 2 rings (SSSR count). The zero-order chi connectivity index (χ0) is 26.1. The van der Waals surface area contributed by atoms with Gasteiger partial charge in [-0.15, -0.1) is 0 Å². The Hall–Kier alpha value is -0.830. The van der Waals surface area contributed by atoms with Gasteiger partial charge in [-0.3, -0.25) is 14.5 Å². The number of thioether (sulfide) groups is 1. The highest BCUT2D eigenvalue weighted by Crippen LogP contribution is 2.47. The zero-order valence-electron chi connectivity index (χ0n) is 23.0. The molecule has 0 aromatic carbocycles. The third kappa shape index (κ3) is 8.61. The van der Waals surface area contributed by atoms with Gasteiger partial charge in [-0.05, 0) is 57.1 Å². The fourth-order valence-corrected chi connectivity index (χ4v) is 5.98. The number of likely N-dealkylation sites (tertiary alicyclic amines) is 1. The van der Waals surface area contributed by atoms with Crippen LogP contribution in [-0.2, 0) is 14.3 Å². The largest absolute Gasteiger partial charge is 0.392 e. The number of methoxy groups -OCH3 is 1. The Labute approximate surface area is 217 Å². The van der Waals surface area contributed by atoms with Crippen molar-refractivity contribution >= 4 is 23.6 Å². The van der Waals surface area contributed by atoms with E-state index in [4.69, 9.17) is 4.74 Å². The van der Waals surface area contributed by atoms with Gasteiger partial charge in [0, 0.05) is 38.1 Å². The Balaban J connectivity index is 1.96. The highest BCUT2D eigenvalue weighted by Gasteiger charge is 2.50. The standard InChI is InChI=1S/C27H51N3O4S/c1-26(2,17-20-12-11-13-20)27(3,4)30-18-21(31)16-23(30)25(33)29-22(19-35-6)24(32)28-14-9-7-8-10-15-34-5/h20-23,31H,7-19H2,1-6H3,(H,28,32)(H,29,33). The van der Waals surface area contributed by atoms with Crippen molar-refractivity contribution in [2.45, 2.75) is 109 Å². The molecule has 7 nitrogen and oxygen atoms in total. The minimum atomic E-state index is -0.573. The number of unbranched alkanes of at least 4 members (excludes halogenated alkanes) is 3. The summed E-state index contributed by atoms with van der Waals surface area (Å²) in [5.74, 6) is 1.01. The number of hydrogen-bond acceptors (Lipinski definition) is 6. The van der Waals surface area contributed by atoms with Crippen LogP contribution in [0.1, 0.15) is 85.5 Å². The minimum Gasteiger partial charge on any atom is -0.392 e. The SMILES string of the molecule is COCCCCCCNC(=O)C(CSC)NC(=O)C1CC(O)CN1C(C)(C)C(C)(C)CC1CCC1. The van der Waals surface area contributed by atoms with Crippen LogP contribution in [0.4, 0.5) is 0 Å². The van der Waals surface area contributed by atoms with E-state index in [0.717, 1.165) is 44.6 Å². The summed E-state index contributed by atoms with van der Waals surface area (Å²) in [7, 11) is 1.71. The van der Waals surface area contributed by atoms with Crippen LogP contribution < -0.4 is 10.6 Å². The molecule has 2 fully saturated rings. The maximum atomic E-state index is 13.5. The lowest BCUT2D eigenvalue weighted by Gasteiger charge is -2.52. The normalized spacial score (nSPS) is 22.6. The van der Waals surface area contributed by atoms with Gasteiger partial charge in [-0.25, -0.2) is 0 Å². The van der Waals surface area contributed by atoms with Gasteiger partial charge in [0.1, 0.15) is 6.04 Å². The molecule has 1 heterocycles. The van der Waals surface area contributed by atoms with Gasteiger partial charge in [0.25, 0.3) is 0 Å². The summed E-state index contributed by atoms with van der Waals surface area (Å²) in [5, 5.41) is 16.6. The number of carbonyl (C=O) groups excluding carboxylic acids is 2. The number of carbonyl (C=O) groups is 2. The first-order chi connectivity index (χ1) is 16.5. The van der Waals surface area contributed by atoms with Crippen molar-refractivity contribution in [3.8, 4) is 0 Å². The molecule has 2 amide bonds. The second-order valence-electron chi connectivity index (χ2n) is 11.7. The molecule has 0 spiro atoms. The fourth-order valence-electron chi connectivity index (χ4n) is 5.41. The number of rotatable bonds is 16. The number of β-amino-alcohol motifs (C(OH)–C–C–N with tert-alkyl or cyclic N) is 1. The number of hydrogen-bond donors (Lipinski definition) is 3. The van der Waals surface area contributed by atoms with E-state index in [1.165, 1.54) is 19.3 Å². The Morgan fingerprint density at radius 3 is 2.43 bits per heavy atom. The first-order valence-corrected chi connectivity index (χ1v) is 14.9. The van der Waals surface area contributed by atoms with Crippen LogP contribution in [0.2, 0.25) is 0 Å². The van der Waals surface area contributed by atoms with E-state index in [1.807, 2.05) is 6.26 Å². The predicted octanol–water partition coefficient (Wildman–Crippen LogP) is 3.59. The third-order valence-electron chi connectivity index (χ3n) is 8.52. The lowest BCUT2D eigenvalue weighted by molar-refractivity contribution is -0.134. The average Bonchev–Trinajstić information content (AvgIpc) is 3.17. The number of aliphatic hydroxyl groups is 1. The maximum absolute atomic E-state index is 13.5. The van der Waals surface area contributed by atoms with Gasteiger partial charge in [0.2, 0.25) is 11.8 Å². The molecule has 35 heavy (non-hydrogen) atoms. The highest BCUT2D eigenvalue weighted by molar-refractivity contribution is 7.98. The monoisotopic (exact) mass is 513 g/mol. The molecule has 1 aliphatic carbocycles. The molecule has 3 unspecified atom stereocenters. The topological polar surface area (TPSA) is 90.9 Å². The molecule has 1 saturated heterocycles. The van der Waals surface area contributed by atoms with E-state index in [2.05, 4.69) is 43.2 Å². The van der Waals surface area contributed by atoms with Gasteiger partial charge in [0.05, 0.1) is 12.1 Å². The summed E-state index contributed by atoms with van der Waals surface area (Å²) in [6, 6.07) is -1.00. The molecular weight excluding hydrogens is 462 g/mol. The molecule has 8 heteroatoms. The Kier molecular flexibility index (Phi) is 12.3. The van der Waals surface area contributed by atoms with E-state index >= 15 is 0 Å². The van der Waals surface area contributed by atoms with Crippen molar-refractivity contribution in [1.82, 2.24) is 15.5 Å². The summed E-state index contributed by atoms with van der Waals surface area (Å²) in [6.45, 7) is 10.9. The smallest absolute Gasteiger partial charge is 0.243 e. The summed E-state index contributed by atoms with van der Waals surface area (Å²) in [4.78, 5) is 28.5. The van der Waals surface area contributed by atoms with Gasteiger partial charge in [-0.2, -0.15) is 11.8 Å². The second kappa shape index (κ2) is 14.2. The summed E-state index contributed by atoms with van der Waals surface area (Å²) >= 11 is 1.55. The van der Waals surface area contributed by atoms with Gasteiger partial charge >= 0.3 is 0 Å². The van der Waals surface area contributed by atoms with Crippen molar-refractivity contribution < 1.29 is 19.4 Å². The number of amides is 2. The molecule has 1 aliphatic heterocycles. The second-order valence-corrected chi connectivity index (χ2v) is 12.6.